The van der Waals surface area contributed by atoms with Gasteiger partial charge in [-0.2, -0.15) is 0 Å². The predicted octanol–water partition coefficient (Wildman–Crippen LogP) is 6.11. The summed E-state index contributed by atoms with van der Waals surface area (Å²) < 4.78 is 11.3. The zero-order valence-electron chi connectivity index (χ0n) is 19.6. The van der Waals surface area contributed by atoms with E-state index in [1.54, 1.807) is 72.1 Å². The maximum Gasteiger partial charge on any atom is 0.225 e. The number of hydrogen-bond donors (Lipinski definition) is 2. The van der Waals surface area contributed by atoms with Crippen LogP contribution in [0.5, 0.6) is 11.8 Å². The third-order valence-electron chi connectivity index (χ3n) is 7.15. The van der Waals surface area contributed by atoms with Gasteiger partial charge in [0, 0.05) is 22.1 Å². The predicted molar refractivity (Wildman–Crippen MR) is 144 cm³/mol. The summed E-state index contributed by atoms with van der Waals surface area (Å²) in [6, 6.07) is 18.0. The van der Waals surface area contributed by atoms with Crippen LogP contribution in [-0.4, -0.2) is 35.9 Å². The van der Waals surface area contributed by atoms with E-state index in [0.717, 1.165) is 5.56 Å². The molecule has 2 N–H and O–H groups in total. The number of aromatic hydroxyl groups is 2. The van der Waals surface area contributed by atoms with Crippen LogP contribution in [0.25, 0.3) is 16.9 Å². The minimum Gasteiger partial charge on any atom is -0.494 e. The Morgan fingerprint density at radius 1 is 0.897 bits per heavy atom. The smallest absolute Gasteiger partial charge is 0.225 e. The van der Waals surface area contributed by atoms with Gasteiger partial charge in [-0.3, -0.25) is 14.2 Å². The largest absolute Gasteiger partial charge is 0.494 e. The standard InChI is InChI=1S/C28H15Cl2N3O5S/c29-18-10-7-14(11-19(18)30)23-21-22(28(38-23)24(34)16-3-1-2-4-17(16)25(28)35)27(37)33(26(21)36)15-8-5-13(6-9-15)20-12-39-32-31-20/h1-12,23,36-37H. The van der Waals surface area contributed by atoms with Gasteiger partial charge in [0.15, 0.2) is 0 Å². The van der Waals surface area contributed by atoms with Gasteiger partial charge in [-0.1, -0.05) is 70.2 Å². The van der Waals surface area contributed by atoms with Crippen LogP contribution in [0.4, 0.5) is 0 Å². The van der Waals surface area contributed by atoms with Crippen molar-refractivity contribution in [3.05, 3.63) is 110 Å². The first-order valence-corrected chi connectivity index (χ1v) is 13.3. The first-order chi connectivity index (χ1) is 18.8. The second-order valence-electron chi connectivity index (χ2n) is 9.16. The molecule has 7 rings (SSSR count). The third kappa shape index (κ3) is 3.21. The Morgan fingerprint density at radius 3 is 2.21 bits per heavy atom. The highest BCUT2D eigenvalue weighted by molar-refractivity contribution is 7.03. The van der Waals surface area contributed by atoms with Crippen molar-refractivity contribution in [1.82, 2.24) is 14.2 Å². The Labute approximate surface area is 234 Å². The van der Waals surface area contributed by atoms with Crippen molar-refractivity contribution in [2.75, 3.05) is 0 Å². The molecule has 3 aromatic carbocycles. The van der Waals surface area contributed by atoms with Crippen LogP contribution in [0.15, 0.2) is 72.1 Å². The fraction of sp³-hybridized carbons (Fsp3) is 0.0714. The normalized spacial score (nSPS) is 17.1. The average Bonchev–Trinajstić information content (AvgIpc) is 3.70. The molecular weight excluding hydrogens is 561 g/mol. The van der Waals surface area contributed by atoms with E-state index in [0.29, 0.717) is 22.0 Å². The van der Waals surface area contributed by atoms with E-state index in [1.807, 2.05) is 0 Å². The van der Waals surface area contributed by atoms with Crippen LogP contribution in [0.3, 0.4) is 0 Å². The van der Waals surface area contributed by atoms with Gasteiger partial charge in [-0.05, 0) is 41.4 Å². The molecule has 0 saturated heterocycles. The van der Waals surface area contributed by atoms with Gasteiger partial charge in [0.2, 0.25) is 28.9 Å². The highest BCUT2D eigenvalue weighted by Gasteiger charge is 2.64. The van der Waals surface area contributed by atoms with Gasteiger partial charge in [-0.15, -0.1) is 5.10 Å². The number of halogens is 2. The molecule has 2 aliphatic rings. The number of hydrogen-bond acceptors (Lipinski definition) is 8. The van der Waals surface area contributed by atoms with Crippen LogP contribution < -0.4 is 0 Å². The lowest BCUT2D eigenvalue weighted by Gasteiger charge is -2.24. The number of fused-ring (bicyclic) bond motifs is 3. The van der Waals surface area contributed by atoms with Crippen molar-refractivity contribution in [2.45, 2.75) is 11.7 Å². The van der Waals surface area contributed by atoms with Crippen molar-refractivity contribution >= 4 is 46.3 Å². The summed E-state index contributed by atoms with van der Waals surface area (Å²) in [7, 11) is 0. The highest BCUT2D eigenvalue weighted by Crippen LogP contribution is 2.59. The Bertz CT molecular complexity index is 1800. The van der Waals surface area contributed by atoms with Crippen molar-refractivity contribution < 1.29 is 24.5 Å². The van der Waals surface area contributed by atoms with Crippen molar-refractivity contribution in [3.63, 3.8) is 0 Å². The lowest BCUT2D eigenvalue weighted by Crippen LogP contribution is -2.38. The van der Waals surface area contributed by atoms with Crippen molar-refractivity contribution in [1.29, 1.82) is 0 Å². The number of ether oxygens (including phenoxy) is 1. The van der Waals surface area contributed by atoms with Crippen LogP contribution in [0.2, 0.25) is 10.0 Å². The van der Waals surface area contributed by atoms with Crippen LogP contribution >= 0.6 is 34.7 Å². The monoisotopic (exact) mass is 575 g/mol. The van der Waals surface area contributed by atoms with Gasteiger partial charge in [-0.25, -0.2) is 0 Å². The molecule has 1 aliphatic heterocycles. The van der Waals surface area contributed by atoms with Crippen molar-refractivity contribution in [2.24, 2.45) is 0 Å². The van der Waals surface area contributed by atoms with Gasteiger partial charge in [0.25, 0.3) is 0 Å². The van der Waals surface area contributed by atoms with Crippen molar-refractivity contribution in [3.8, 4) is 28.7 Å². The summed E-state index contributed by atoms with van der Waals surface area (Å²) in [6.07, 6.45) is -1.11. The molecular formula is C28H15Cl2N3O5S. The zero-order valence-corrected chi connectivity index (χ0v) is 22.0. The molecule has 1 atom stereocenters. The minimum absolute atomic E-state index is 0.0909. The molecule has 1 unspecified atom stereocenters. The number of carbonyl (C=O) groups excluding carboxylic acids is 2. The van der Waals surface area contributed by atoms with E-state index in [-0.39, 0.29) is 33.2 Å². The highest BCUT2D eigenvalue weighted by atomic mass is 35.5. The number of benzene rings is 3. The maximum absolute atomic E-state index is 13.9. The molecule has 192 valence electrons. The van der Waals surface area contributed by atoms with E-state index in [1.165, 1.54) is 16.1 Å². The van der Waals surface area contributed by atoms with Crippen LogP contribution in [-0.2, 0) is 10.3 Å². The average molecular weight is 576 g/mol. The number of ketones is 2. The Kier molecular flexibility index (Phi) is 5.24. The number of nitrogens with zero attached hydrogens (tertiary/aromatic N) is 3. The molecule has 2 aromatic heterocycles. The molecule has 0 saturated carbocycles. The maximum atomic E-state index is 13.9. The summed E-state index contributed by atoms with van der Waals surface area (Å²) in [4.78, 5) is 27.7. The Morgan fingerprint density at radius 2 is 1.59 bits per heavy atom. The number of aromatic nitrogens is 3. The van der Waals surface area contributed by atoms with Crippen LogP contribution in [0, 0.1) is 0 Å². The summed E-state index contributed by atoms with van der Waals surface area (Å²) in [5, 5.41) is 29.5. The van der Waals surface area contributed by atoms with Gasteiger partial charge in [0.05, 0.1) is 26.9 Å². The zero-order chi connectivity index (χ0) is 27.1. The molecule has 39 heavy (non-hydrogen) atoms. The SMILES string of the molecule is O=C1c2ccccc2C(=O)C12OC(c1ccc(Cl)c(Cl)c1)c1c2c(O)n(-c2ccc(-c3csnn3)cc2)c1O. The van der Waals surface area contributed by atoms with E-state index >= 15 is 0 Å². The number of Topliss-reactive ketones (excluding diaryl/α,β-unsaturated/α-hetero) is 2. The lowest BCUT2D eigenvalue weighted by molar-refractivity contribution is -0.0231. The minimum atomic E-state index is -2.19. The molecule has 3 heterocycles. The van der Waals surface area contributed by atoms with Gasteiger partial charge < -0.3 is 14.9 Å². The molecule has 11 heteroatoms. The lowest BCUT2D eigenvalue weighted by atomic mass is 9.88. The summed E-state index contributed by atoms with van der Waals surface area (Å²) >= 11 is 13.6. The van der Waals surface area contributed by atoms with E-state index in [4.69, 9.17) is 27.9 Å². The number of rotatable bonds is 3. The molecule has 1 spiro atoms. The quantitative estimate of drug-likeness (QED) is 0.249. The fourth-order valence-electron chi connectivity index (χ4n) is 5.38. The van der Waals surface area contributed by atoms with E-state index in [2.05, 4.69) is 9.59 Å². The third-order valence-corrected chi connectivity index (χ3v) is 8.39. The topological polar surface area (TPSA) is 115 Å². The fourth-order valence-corrected chi connectivity index (χ4v) is 6.15. The Balaban J connectivity index is 1.46. The van der Waals surface area contributed by atoms with Crippen LogP contribution in [0.1, 0.15) is 43.5 Å². The van der Waals surface area contributed by atoms with Gasteiger partial charge >= 0.3 is 0 Å². The second kappa shape index (κ2) is 8.49. The van der Waals surface area contributed by atoms with E-state index in [9.17, 15) is 19.8 Å². The summed E-state index contributed by atoms with van der Waals surface area (Å²) in [5.41, 5.74) is 0.464. The van der Waals surface area contributed by atoms with Gasteiger partial charge in [0.1, 0.15) is 11.8 Å². The first kappa shape index (κ1) is 24.1. The molecule has 1 aliphatic carbocycles. The molecule has 0 radical (unpaired) electrons. The summed E-state index contributed by atoms with van der Waals surface area (Å²) in [5.74, 6) is -2.10. The molecule has 5 aromatic rings. The molecule has 0 amide bonds. The number of carbonyl (C=O) groups is 2. The Hall–Kier alpha value is -4.02. The second-order valence-corrected chi connectivity index (χ2v) is 10.6. The molecule has 8 nitrogen and oxygen atoms in total. The summed E-state index contributed by atoms with van der Waals surface area (Å²) in [6.45, 7) is 0. The first-order valence-electron chi connectivity index (χ1n) is 11.7. The molecule has 0 bridgehead atoms. The molecule has 0 fully saturated rings. The van der Waals surface area contributed by atoms with E-state index < -0.39 is 29.2 Å².